The summed E-state index contributed by atoms with van der Waals surface area (Å²) >= 11 is 1.66. The summed E-state index contributed by atoms with van der Waals surface area (Å²) in [6, 6.07) is 15.0. The largest absolute Gasteiger partial charge is 0.303 e. The van der Waals surface area contributed by atoms with Gasteiger partial charge in [-0.1, -0.05) is 63.9 Å². The predicted molar refractivity (Wildman–Crippen MR) is 116 cm³/mol. The highest BCUT2D eigenvalue weighted by molar-refractivity contribution is 8.00. The molecule has 2 atom stereocenters. The van der Waals surface area contributed by atoms with Gasteiger partial charge in [-0.05, 0) is 36.5 Å². The van der Waals surface area contributed by atoms with Gasteiger partial charge in [0.25, 0.3) is 5.69 Å². The number of hydrogen-bond acceptors (Lipinski definition) is 4. The van der Waals surface area contributed by atoms with Gasteiger partial charge in [-0.2, -0.15) is 0 Å². The third kappa shape index (κ3) is 5.44. The number of nitro benzene ring substituents is 1. The van der Waals surface area contributed by atoms with Crippen LogP contribution in [0.1, 0.15) is 57.6 Å². The molecule has 2 aromatic rings. The molecule has 2 unspecified atom stereocenters. The van der Waals surface area contributed by atoms with E-state index in [-0.39, 0.29) is 21.3 Å². The van der Waals surface area contributed by atoms with Crippen molar-refractivity contribution in [3.8, 4) is 0 Å². The molecular formula is C23H29NO3S. The zero-order chi connectivity index (χ0) is 20.6. The molecule has 0 fully saturated rings. The van der Waals surface area contributed by atoms with Gasteiger partial charge >= 0.3 is 0 Å². The van der Waals surface area contributed by atoms with Crippen LogP contribution >= 0.6 is 11.8 Å². The zero-order valence-corrected chi connectivity index (χ0v) is 17.7. The summed E-state index contributed by atoms with van der Waals surface area (Å²) in [5, 5.41) is 11.4. The van der Waals surface area contributed by atoms with E-state index in [0.717, 1.165) is 48.0 Å². The van der Waals surface area contributed by atoms with Crippen LogP contribution in [0, 0.1) is 15.5 Å². The van der Waals surface area contributed by atoms with E-state index in [4.69, 9.17) is 0 Å². The molecule has 2 rings (SSSR count). The average molecular weight is 400 g/mol. The fourth-order valence-corrected chi connectivity index (χ4v) is 4.85. The summed E-state index contributed by atoms with van der Waals surface area (Å²) in [6.07, 6.45) is 5.51. The zero-order valence-electron chi connectivity index (χ0n) is 16.9. The van der Waals surface area contributed by atoms with Crippen molar-refractivity contribution in [1.29, 1.82) is 0 Å². The number of thioether (sulfide) groups is 1. The molecule has 28 heavy (non-hydrogen) atoms. The maximum absolute atomic E-state index is 12.0. The summed E-state index contributed by atoms with van der Waals surface area (Å²) in [4.78, 5) is 23.9. The number of non-ortho nitro benzene ring substituents is 1. The lowest BCUT2D eigenvalue weighted by molar-refractivity contribution is -0.385. The highest BCUT2D eigenvalue weighted by Crippen LogP contribution is 2.42. The van der Waals surface area contributed by atoms with Gasteiger partial charge in [0.1, 0.15) is 6.29 Å². The van der Waals surface area contributed by atoms with Crippen LogP contribution in [0.15, 0.2) is 53.4 Å². The quantitative estimate of drug-likeness (QED) is 0.188. The van der Waals surface area contributed by atoms with Crippen LogP contribution in [0.4, 0.5) is 5.69 Å². The predicted octanol–water partition coefficient (Wildman–Crippen LogP) is 6.45. The summed E-state index contributed by atoms with van der Waals surface area (Å²) in [6.45, 7) is 6.31. The maximum Gasteiger partial charge on any atom is 0.269 e. The van der Waals surface area contributed by atoms with Gasteiger partial charge in [-0.3, -0.25) is 10.1 Å². The number of hydrogen-bond donors (Lipinski definition) is 0. The third-order valence-electron chi connectivity index (χ3n) is 5.49. The summed E-state index contributed by atoms with van der Waals surface area (Å²) in [5.74, 6) is 0. The fraction of sp³-hybridized carbons (Fsp3) is 0.435. The topological polar surface area (TPSA) is 60.2 Å². The van der Waals surface area contributed by atoms with E-state index in [2.05, 4.69) is 20.8 Å². The first-order chi connectivity index (χ1) is 13.5. The van der Waals surface area contributed by atoms with Crippen LogP contribution in [-0.4, -0.2) is 16.5 Å². The summed E-state index contributed by atoms with van der Waals surface area (Å²) in [5.41, 5.74) is 1.78. The van der Waals surface area contributed by atoms with Crippen molar-refractivity contribution >= 4 is 23.7 Å². The SMILES string of the molecule is CCCCC(C=O)(CC)C(C)Sc1ccc([N+](=O)[O-])cc1Cc1ccccc1. The Hall–Kier alpha value is -2.14. The number of unbranched alkanes of at least 4 members (excludes halogenated alkanes) is 1. The van der Waals surface area contributed by atoms with E-state index in [0.29, 0.717) is 6.42 Å². The van der Waals surface area contributed by atoms with Crippen LogP contribution in [0.5, 0.6) is 0 Å². The van der Waals surface area contributed by atoms with Gasteiger partial charge in [-0.15, -0.1) is 11.8 Å². The first-order valence-corrected chi connectivity index (χ1v) is 10.8. The minimum Gasteiger partial charge on any atom is -0.303 e. The van der Waals surface area contributed by atoms with Gasteiger partial charge in [0, 0.05) is 27.7 Å². The molecule has 0 spiro atoms. The summed E-state index contributed by atoms with van der Waals surface area (Å²) < 4.78 is 0. The number of carbonyl (C=O) groups is 1. The molecule has 0 aliphatic heterocycles. The number of rotatable bonds is 11. The number of nitrogens with zero attached hydrogens (tertiary/aromatic N) is 1. The monoisotopic (exact) mass is 399 g/mol. The first-order valence-electron chi connectivity index (χ1n) is 9.90. The van der Waals surface area contributed by atoms with Crippen molar-refractivity contribution in [1.82, 2.24) is 0 Å². The van der Waals surface area contributed by atoms with Crippen molar-refractivity contribution in [2.24, 2.45) is 5.41 Å². The summed E-state index contributed by atoms with van der Waals surface area (Å²) in [7, 11) is 0. The van der Waals surface area contributed by atoms with Crippen molar-refractivity contribution < 1.29 is 9.72 Å². The van der Waals surface area contributed by atoms with Gasteiger partial charge in [0.05, 0.1) is 4.92 Å². The maximum atomic E-state index is 12.0. The van der Waals surface area contributed by atoms with E-state index >= 15 is 0 Å². The Labute approximate surface area is 171 Å². The average Bonchev–Trinajstić information content (AvgIpc) is 2.71. The van der Waals surface area contributed by atoms with Crippen molar-refractivity contribution in [2.45, 2.75) is 63.0 Å². The molecule has 4 nitrogen and oxygen atoms in total. The fourth-order valence-electron chi connectivity index (χ4n) is 3.47. The van der Waals surface area contributed by atoms with E-state index in [9.17, 15) is 14.9 Å². The molecular weight excluding hydrogens is 370 g/mol. The number of nitro groups is 1. The Morgan fingerprint density at radius 2 is 1.89 bits per heavy atom. The minimum absolute atomic E-state index is 0.0949. The first kappa shape index (κ1) is 22.2. The molecule has 5 heteroatoms. The standard InChI is InChI=1S/C23H29NO3S/c1-4-6-14-23(5-2,17-25)18(3)28-22-13-12-21(24(26)27)16-20(22)15-19-10-8-7-9-11-19/h7-13,16-18H,4-6,14-15H2,1-3H3. The van der Waals surface area contributed by atoms with Crippen LogP contribution < -0.4 is 0 Å². The highest BCUT2D eigenvalue weighted by atomic mass is 32.2. The molecule has 0 bridgehead atoms. The van der Waals surface area contributed by atoms with Gasteiger partial charge < -0.3 is 4.79 Å². The molecule has 0 N–H and O–H groups in total. The van der Waals surface area contributed by atoms with Crippen molar-refractivity contribution in [2.75, 3.05) is 0 Å². The lowest BCUT2D eigenvalue weighted by Gasteiger charge is -2.33. The van der Waals surface area contributed by atoms with E-state index in [1.807, 2.05) is 36.4 Å². The molecule has 0 saturated heterocycles. The molecule has 0 saturated carbocycles. The van der Waals surface area contributed by atoms with E-state index in [1.165, 1.54) is 0 Å². The van der Waals surface area contributed by atoms with Gasteiger partial charge in [-0.25, -0.2) is 0 Å². The van der Waals surface area contributed by atoms with Crippen molar-refractivity contribution in [3.05, 3.63) is 69.8 Å². The lowest BCUT2D eigenvalue weighted by atomic mass is 9.79. The Morgan fingerprint density at radius 1 is 1.18 bits per heavy atom. The minimum atomic E-state index is -0.369. The van der Waals surface area contributed by atoms with Crippen molar-refractivity contribution in [3.63, 3.8) is 0 Å². The normalized spacial score (nSPS) is 14.2. The van der Waals surface area contributed by atoms with E-state index < -0.39 is 0 Å². The second-order valence-electron chi connectivity index (χ2n) is 7.28. The Balaban J connectivity index is 2.35. The second kappa shape index (κ2) is 10.4. The molecule has 0 amide bonds. The molecule has 2 aromatic carbocycles. The highest BCUT2D eigenvalue weighted by Gasteiger charge is 2.34. The Kier molecular flexibility index (Phi) is 8.24. The molecule has 150 valence electrons. The number of aldehydes is 1. The molecule has 0 radical (unpaired) electrons. The number of benzene rings is 2. The lowest BCUT2D eigenvalue weighted by Crippen LogP contribution is -2.32. The Bertz CT molecular complexity index is 794. The third-order valence-corrected chi connectivity index (χ3v) is 6.97. The Morgan fingerprint density at radius 3 is 2.46 bits per heavy atom. The molecule has 0 aromatic heterocycles. The van der Waals surface area contributed by atoms with Crippen LogP contribution in [0.3, 0.4) is 0 Å². The van der Waals surface area contributed by atoms with Crippen LogP contribution in [-0.2, 0) is 11.2 Å². The smallest absolute Gasteiger partial charge is 0.269 e. The van der Waals surface area contributed by atoms with E-state index in [1.54, 1.807) is 23.9 Å². The molecule has 0 aliphatic carbocycles. The van der Waals surface area contributed by atoms with Crippen LogP contribution in [0.2, 0.25) is 0 Å². The van der Waals surface area contributed by atoms with Crippen LogP contribution in [0.25, 0.3) is 0 Å². The molecule has 0 aliphatic rings. The molecule has 0 heterocycles. The second-order valence-corrected chi connectivity index (χ2v) is 8.66. The number of carbonyl (C=O) groups excluding carboxylic acids is 1. The van der Waals surface area contributed by atoms with Gasteiger partial charge in [0.15, 0.2) is 0 Å². The van der Waals surface area contributed by atoms with Gasteiger partial charge in [0.2, 0.25) is 0 Å².